The van der Waals surface area contributed by atoms with Crippen LogP contribution in [0, 0.1) is 12.3 Å². The van der Waals surface area contributed by atoms with Crippen LogP contribution in [0.25, 0.3) is 0 Å². The molecule has 0 amide bonds. The first-order valence-corrected chi connectivity index (χ1v) is 7.49. The van der Waals surface area contributed by atoms with Gasteiger partial charge in [-0.3, -0.25) is 0 Å². The van der Waals surface area contributed by atoms with Gasteiger partial charge in [0.05, 0.1) is 0 Å². The lowest BCUT2D eigenvalue weighted by atomic mass is 9.75. The van der Waals surface area contributed by atoms with Crippen LogP contribution in [0.3, 0.4) is 0 Å². The molecular weight excluding hydrogens is 288 g/mol. The summed E-state index contributed by atoms with van der Waals surface area (Å²) in [6.07, 6.45) is 5.11. The van der Waals surface area contributed by atoms with E-state index < -0.39 is 0 Å². The van der Waals surface area contributed by atoms with Crippen LogP contribution in [0.1, 0.15) is 45.1 Å². The molecule has 0 heterocycles. The summed E-state index contributed by atoms with van der Waals surface area (Å²) in [7, 11) is 0. The maximum absolute atomic E-state index is 5.90. The summed E-state index contributed by atoms with van der Waals surface area (Å²) in [6, 6.07) is 4.72. The normalized spacial score (nSPS) is 19.8. The van der Waals surface area contributed by atoms with Gasteiger partial charge in [-0.2, -0.15) is 0 Å². The molecule has 0 atom stereocenters. The van der Waals surface area contributed by atoms with Gasteiger partial charge in [-0.25, -0.2) is 0 Å². The molecular formula is C15H23BrN2. The quantitative estimate of drug-likeness (QED) is 0.776. The van der Waals surface area contributed by atoms with Gasteiger partial charge in [0, 0.05) is 21.9 Å². The second kappa shape index (κ2) is 5.12. The lowest BCUT2D eigenvalue weighted by molar-refractivity contribution is 0.232. The van der Waals surface area contributed by atoms with Crippen molar-refractivity contribution in [2.24, 2.45) is 5.41 Å². The monoisotopic (exact) mass is 310 g/mol. The van der Waals surface area contributed by atoms with Gasteiger partial charge >= 0.3 is 0 Å². The molecule has 2 nitrogen and oxygen atoms in total. The number of anilines is 2. The lowest BCUT2D eigenvalue weighted by Gasteiger charge is -2.35. The highest BCUT2D eigenvalue weighted by Crippen LogP contribution is 2.37. The highest BCUT2D eigenvalue weighted by Gasteiger charge is 2.26. The van der Waals surface area contributed by atoms with Crippen LogP contribution in [0.4, 0.5) is 11.4 Å². The Morgan fingerprint density at radius 1 is 1.28 bits per heavy atom. The number of halogens is 1. The summed E-state index contributed by atoms with van der Waals surface area (Å²) in [5.74, 6) is 0. The van der Waals surface area contributed by atoms with Crippen LogP contribution in [-0.4, -0.2) is 6.04 Å². The number of hydrogen-bond acceptors (Lipinski definition) is 2. The molecule has 3 N–H and O–H groups in total. The standard InChI is InChI=1S/C15H23BrN2/c1-10-8-14(12(16)9-13(10)17)18-11-4-6-15(2,3)7-5-11/h8-9,11,18H,4-7,17H2,1-3H3. The molecule has 0 unspecified atom stereocenters. The van der Waals surface area contributed by atoms with Crippen molar-refractivity contribution < 1.29 is 0 Å². The average Bonchev–Trinajstić information content (AvgIpc) is 2.28. The maximum atomic E-state index is 5.90. The Bertz CT molecular complexity index is 430. The first-order chi connectivity index (χ1) is 8.37. The Balaban J connectivity index is 2.04. The smallest absolute Gasteiger partial charge is 0.0490 e. The Morgan fingerprint density at radius 2 is 1.89 bits per heavy atom. The average molecular weight is 311 g/mol. The summed E-state index contributed by atoms with van der Waals surface area (Å²) in [5.41, 5.74) is 9.57. The second-order valence-corrected chi connectivity index (χ2v) is 7.13. The summed E-state index contributed by atoms with van der Waals surface area (Å²) in [6.45, 7) is 6.79. The fraction of sp³-hybridized carbons (Fsp3) is 0.600. The van der Waals surface area contributed by atoms with E-state index in [0.29, 0.717) is 11.5 Å². The van der Waals surface area contributed by atoms with E-state index in [2.05, 4.69) is 48.1 Å². The van der Waals surface area contributed by atoms with Crippen molar-refractivity contribution in [1.82, 2.24) is 0 Å². The van der Waals surface area contributed by atoms with Crippen molar-refractivity contribution in [3.63, 3.8) is 0 Å². The van der Waals surface area contributed by atoms with Gasteiger partial charge in [-0.15, -0.1) is 0 Å². The van der Waals surface area contributed by atoms with E-state index in [9.17, 15) is 0 Å². The van der Waals surface area contributed by atoms with Crippen LogP contribution < -0.4 is 11.1 Å². The molecule has 1 aromatic rings. The minimum Gasteiger partial charge on any atom is -0.398 e. The van der Waals surface area contributed by atoms with E-state index in [-0.39, 0.29) is 0 Å². The number of benzene rings is 1. The van der Waals surface area contributed by atoms with E-state index in [1.165, 1.54) is 31.4 Å². The van der Waals surface area contributed by atoms with Crippen molar-refractivity contribution >= 4 is 27.3 Å². The zero-order valence-corrected chi connectivity index (χ0v) is 13.1. The van der Waals surface area contributed by atoms with Gasteiger partial charge in [0.1, 0.15) is 0 Å². The van der Waals surface area contributed by atoms with E-state index in [1.807, 2.05) is 6.07 Å². The highest BCUT2D eigenvalue weighted by molar-refractivity contribution is 9.10. The van der Waals surface area contributed by atoms with Gasteiger partial charge < -0.3 is 11.1 Å². The van der Waals surface area contributed by atoms with E-state index in [0.717, 1.165) is 15.7 Å². The van der Waals surface area contributed by atoms with Crippen molar-refractivity contribution in [2.75, 3.05) is 11.1 Å². The Labute approximate surface area is 118 Å². The first-order valence-electron chi connectivity index (χ1n) is 6.69. The lowest BCUT2D eigenvalue weighted by Crippen LogP contribution is -2.30. The molecule has 2 rings (SSSR count). The van der Waals surface area contributed by atoms with Gasteiger partial charge in [0.2, 0.25) is 0 Å². The Kier molecular flexibility index (Phi) is 3.90. The predicted octanol–water partition coefficient (Wildman–Crippen LogP) is 4.72. The van der Waals surface area contributed by atoms with Crippen LogP contribution in [0.15, 0.2) is 16.6 Å². The van der Waals surface area contributed by atoms with E-state index in [1.54, 1.807) is 0 Å². The molecule has 0 radical (unpaired) electrons. The maximum Gasteiger partial charge on any atom is 0.0490 e. The molecule has 1 aliphatic carbocycles. The Morgan fingerprint density at radius 3 is 2.50 bits per heavy atom. The van der Waals surface area contributed by atoms with Gasteiger partial charge in [0.15, 0.2) is 0 Å². The number of nitrogen functional groups attached to an aromatic ring is 1. The third-order valence-electron chi connectivity index (χ3n) is 4.05. The van der Waals surface area contributed by atoms with Crippen LogP contribution in [0.5, 0.6) is 0 Å². The fourth-order valence-corrected chi connectivity index (χ4v) is 3.05. The molecule has 0 aliphatic heterocycles. The predicted molar refractivity (Wildman–Crippen MR) is 83.0 cm³/mol. The van der Waals surface area contributed by atoms with Crippen LogP contribution >= 0.6 is 15.9 Å². The van der Waals surface area contributed by atoms with Gasteiger partial charge in [-0.1, -0.05) is 13.8 Å². The zero-order valence-electron chi connectivity index (χ0n) is 11.5. The number of hydrogen-bond donors (Lipinski definition) is 2. The second-order valence-electron chi connectivity index (χ2n) is 6.27. The molecule has 0 aromatic heterocycles. The molecule has 0 bridgehead atoms. The minimum absolute atomic E-state index is 0.520. The van der Waals surface area contributed by atoms with E-state index in [4.69, 9.17) is 5.73 Å². The van der Waals surface area contributed by atoms with Crippen LogP contribution in [0.2, 0.25) is 0 Å². The van der Waals surface area contributed by atoms with Gasteiger partial charge in [-0.05, 0) is 71.6 Å². The van der Waals surface area contributed by atoms with Crippen molar-refractivity contribution in [1.29, 1.82) is 0 Å². The summed E-state index contributed by atoms with van der Waals surface area (Å²) in [5, 5.41) is 3.65. The zero-order chi connectivity index (χ0) is 13.3. The number of nitrogens with one attached hydrogen (secondary N) is 1. The Hall–Kier alpha value is -0.700. The van der Waals surface area contributed by atoms with Crippen LogP contribution in [-0.2, 0) is 0 Å². The molecule has 18 heavy (non-hydrogen) atoms. The summed E-state index contributed by atoms with van der Waals surface area (Å²) >= 11 is 3.59. The fourth-order valence-electron chi connectivity index (χ4n) is 2.57. The molecule has 0 saturated heterocycles. The SMILES string of the molecule is Cc1cc(NC2CCC(C)(C)CC2)c(Br)cc1N. The van der Waals surface area contributed by atoms with Gasteiger partial charge in [0.25, 0.3) is 0 Å². The minimum atomic E-state index is 0.520. The third-order valence-corrected chi connectivity index (χ3v) is 4.71. The highest BCUT2D eigenvalue weighted by atomic mass is 79.9. The van der Waals surface area contributed by atoms with Crippen molar-refractivity contribution in [3.8, 4) is 0 Å². The largest absolute Gasteiger partial charge is 0.398 e. The number of aryl methyl sites for hydroxylation is 1. The molecule has 1 aromatic carbocycles. The number of nitrogens with two attached hydrogens (primary N) is 1. The van der Waals surface area contributed by atoms with E-state index >= 15 is 0 Å². The topological polar surface area (TPSA) is 38.0 Å². The third kappa shape index (κ3) is 3.19. The number of rotatable bonds is 2. The van der Waals surface area contributed by atoms with Crippen molar-refractivity contribution in [2.45, 2.75) is 52.5 Å². The molecule has 3 heteroatoms. The molecule has 1 saturated carbocycles. The summed E-state index contributed by atoms with van der Waals surface area (Å²) in [4.78, 5) is 0. The molecule has 1 aliphatic rings. The van der Waals surface area contributed by atoms with Crippen molar-refractivity contribution in [3.05, 3.63) is 22.2 Å². The first kappa shape index (κ1) is 13.7. The molecule has 0 spiro atoms. The summed E-state index contributed by atoms with van der Waals surface area (Å²) < 4.78 is 1.07. The molecule has 100 valence electrons. The molecule has 1 fully saturated rings.